The number of hydrogen-bond donors (Lipinski definition) is 1. The van der Waals surface area contributed by atoms with E-state index in [1.165, 1.54) is 4.88 Å². The Labute approximate surface area is 131 Å². The molecule has 0 saturated heterocycles. The Morgan fingerprint density at radius 1 is 1.24 bits per heavy atom. The Morgan fingerprint density at radius 2 is 2.10 bits per heavy atom. The molecular formula is C16H13ClN2OS. The van der Waals surface area contributed by atoms with Gasteiger partial charge in [-0.2, -0.15) is 0 Å². The monoisotopic (exact) mass is 316 g/mol. The van der Waals surface area contributed by atoms with E-state index in [0.717, 1.165) is 17.2 Å². The largest absolute Gasteiger partial charge is 0.350 e. The van der Waals surface area contributed by atoms with Crippen molar-refractivity contribution in [3.05, 3.63) is 63.6 Å². The molecule has 3 rings (SSSR count). The predicted molar refractivity (Wildman–Crippen MR) is 87.1 cm³/mol. The van der Waals surface area contributed by atoms with Crippen molar-refractivity contribution in [3.8, 4) is 0 Å². The molecule has 106 valence electrons. The molecule has 0 aliphatic heterocycles. The third-order valence-corrected chi connectivity index (χ3v) is 4.39. The summed E-state index contributed by atoms with van der Waals surface area (Å²) in [5.74, 6) is -0.195. The molecule has 1 aromatic carbocycles. The standard InChI is InChI=1S/C16H13ClN2OS/c17-15-13-6-2-1-4-11(13)10-14(19-15)16(20)18-8-7-12-5-3-9-21-12/h1-6,9-10H,7-8H2,(H,18,20). The predicted octanol–water partition coefficient (Wildman–Crippen LogP) is 3.92. The third kappa shape index (κ3) is 3.23. The maximum absolute atomic E-state index is 12.1. The number of thiophene rings is 1. The van der Waals surface area contributed by atoms with Gasteiger partial charge >= 0.3 is 0 Å². The van der Waals surface area contributed by atoms with E-state index in [1.54, 1.807) is 17.4 Å². The van der Waals surface area contributed by atoms with Crippen LogP contribution in [0.3, 0.4) is 0 Å². The van der Waals surface area contributed by atoms with Crippen molar-refractivity contribution in [1.29, 1.82) is 0 Å². The second-order valence-electron chi connectivity index (χ2n) is 4.60. The minimum atomic E-state index is -0.195. The van der Waals surface area contributed by atoms with Gasteiger partial charge in [-0.3, -0.25) is 4.79 Å². The average Bonchev–Trinajstić information content (AvgIpc) is 3.00. The highest BCUT2D eigenvalue weighted by Crippen LogP contribution is 2.22. The zero-order valence-corrected chi connectivity index (χ0v) is 12.7. The van der Waals surface area contributed by atoms with Crippen molar-refractivity contribution in [2.24, 2.45) is 0 Å². The molecule has 0 aliphatic rings. The SMILES string of the molecule is O=C(NCCc1cccs1)c1cc2ccccc2c(Cl)n1. The first-order chi connectivity index (χ1) is 10.2. The van der Waals surface area contributed by atoms with Crippen LogP contribution in [-0.2, 0) is 6.42 Å². The van der Waals surface area contributed by atoms with Crippen molar-refractivity contribution < 1.29 is 4.79 Å². The van der Waals surface area contributed by atoms with Crippen LogP contribution in [0.2, 0.25) is 5.15 Å². The van der Waals surface area contributed by atoms with Gasteiger partial charge in [0.15, 0.2) is 0 Å². The van der Waals surface area contributed by atoms with Crippen LogP contribution in [0.25, 0.3) is 10.8 Å². The first-order valence-electron chi connectivity index (χ1n) is 6.60. The lowest BCUT2D eigenvalue weighted by Crippen LogP contribution is -2.26. The van der Waals surface area contributed by atoms with Gasteiger partial charge in [0.1, 0.15) is 10.8 Å². The number of amides is 1. The van der Waals surface area contributed by atoms with Crippen LogP contribution < -0.4 is 5.32 Å². The Balaban J connectivity index is 1.72. The van der Waals surface area contributed by atoms with E-state index in [-0.39, 0.29) is 5.91 Å². The fourth-order valence-corrected chi connectivity index (χ4v) is 3.09. The van der Waals surface area contributed by atoms with E-state index in [4.69, 9.17) is 11.6 Å². The molecule has 0 aliphatic carbocycles. The normalized spacial score (nSPS) is 10.7. The number of aromatic nitrogens is 1. The van der Waals surface area contributed by atoms with Gasteiger partial charge in [-0.05, 0) is 29.3 Å². The van der Waals surface area contributed by atoms with Gasteiger partial charge in [0.2, 0.25) is 0 Å². The molecule has 5 heteroatoms. The zero-order valence-electron chi connectivity index (χ0n) is 11.2. The number of nitrogens with one attached hydrogen (secondary N) is 1. The topological polar surface area (TPSA) is 42.0 Å². The first-order valence-corrected chi connectivity index (χ1v) is 7.85. The molecule has 0 bridgehead atoms. The maximum Gasteiger partial charge on any atom is 0.269 e. The molecular weight excluding hydrogens is 304 g/mol. The zero-order chi connectivity index (χ0) is 14.7. The second kappa shape index (κ2) is 6.24. The van der Waals surface area contributed by atoms with Gasteiger partial charge in [-0.25, -0.2) is 4.98 Å². The number of fused-ring (bicyclic) bond motifs is 1. The van der Waals surface area contributed by atoms with Crippen LogP contribution in [0, 0.1) is 0 Å². The van der Waals surface area contributed by atoms with Crippen LogP contribution in [0.15, 0.2) is 47.8 Å². The summed E-state index contributed by atoms with van der Waals surface area (Å²) in [6.45, 7) is 0.589. The van der Waals surface area contributed by atoms with Crippen LogP contribution >= 0.6 is 22.9 Å². The van der Waals surface area contributed by atoms with E-state index in [1.807, 2.05) is 35.7 Å². The molecule has 0 radical (unpaired) electrons. The van der Waals surface area contributed by atoms with Gasteiger partial charge in [-0.1, -0.05) is 41.9 Å². The maximum atomic E-state index is 12.1. The van der Waals surface area contributed by atoms with Gasteiger partial charge in [0, 0.05) is 16.8 Å². The summed E-state index contributed by atoms with van der Waals surface area (Å²) in [6, 6.07) is 13.5. The number of hydrogen-bond acceptors (Lipinski definition) is 3. The minimum Gasteiger partial charge on any atom is -0.350 e. The first kappa shape index (κ1) is 14.0. The molecule has 0 unspecified atom stereocenters. The summed E-state index contributed by atoms with van der Waals surface area (Å²) >= 11 is 7.82. The Bertz CT molecular complexity index is 771. The quantitative estimate of drug-likeness (QED) is 0.741. The van der Waals surface area contributed by atoms with Gasteiger partial charge in [0.05, 0.1) is 0 Å². The Kier molecular flexibility index (Phi) is 4.18. The number of rotatable bonds is 4. The minimum absolute atomic E-state index is 0.195. The molecule has 0 saturated carbocycles. The fourth-order valence-electron chi connectivity index (χ4n) is 2.12. The number of pyridine rings is 1. The molecule has 2 heterocycles. The van der Waals surface area contributed by atoms with Gasteiger partial charge in [0.25, 0.3) is 5.91 Å². The lowest BCUT2D eigenvalue weighted by Gasteiger charge is -2.06. The summed E-state index contributed by atoms with van der Waals surface area (Å²) in [6.07, 6.45) is 0.824. The summed E-state index contributed by atoms with van der Waals surface area (Å²) in [7, 11) is 0. The number of halogens is 1. The lowest BCUT2D eigenvalue weighted by atomic mass is 10.1. The van der Waals surface area contributed by atoms with E-state index < -0.39 is 0 Å². The number of nitrogens with zero attached hydrogens (tertiary/aromatic N) is 1. The van der Waals surface area contributed by atoms with Crippen molar-refractivity contribution in [2.45, 2.75) is 6.42 Å². The Morgan fingerprint density at radius 3 is 2.90 bits per heavy atom. The van der Waals surface area contributed by atoms with Crippen molar-refractivity contribution in [2.75, 3.05) is 6.54 Å². The number of carbonyl (C=O) groups is 1. The molecule has 21 heavy (non-hydrogen) atoms. The average molecular weight is 317 g/mol. The molecule has 3 aromatic rings. The molecule has 1 amide bonds. The van der Waals surface area contributed by atoms with E-state index >= 15 is 0 Å². The van der Waals surface area contributed by atoms with Crippen LogP contribution in [0.4, 0.5) is 0 Å². The van der Waals surface area contributed by atoms with Crippen LogP contribution in [0.5, 0.6) is 0 Å². The van der Waals surface area contributed by atoms with E-state index in [9.17, 15) is 4.79 Å². The summed E-state index contributed by atoms with van der Waals surface area (Å²) in [4.78, 5) is 17.6. The van der Waals surface area contributed by atoms with Crippen LogP contribution in [-0.4, -0.2) is 17.4 Å². The number of carbonyl (C=O) groups excluding carboxylic acids is 1. The fraction of sp³-hybridized carbons (Fsp3) is 0.125. The molecule has 3 nitrogen and oxygen atoms in total. The highest BCUT2D eigenvalue weighted by Gasteiger charge is 2.10. The highest BCUT2D eigenvalue weighted by atomic mass is 35.5. The summed E-state index contributed by atoms with van der Waals surface area (Å²) in [5.41, 5.74) is 0.352. The Hall–Kier alpha value is -1.91. The van der Waals surface area contributed by atoms with Crippen molar-refractivity contribution in [1.82, 2.24) is 10.3 Å². The van der Waals surface area contributed by atoms with Crippen molar-refractivity contribution >= 4 is 39.6 Å². The summed E-state index contributed by atoms with van der Waals surface area (Å²) < 4.78 is 0. The molecule has 0 atom stereocenters. The smallest absolute Gasteiger partial charge is 0.269 e. The molecule has 1 N–H and O–H groups in total. The second-order valence-corrected chi connectivity index (χ2v) is 5.99. The van der Waals surface area contributed by atoms with E-state index in [2.05, 4.69) is 16.4 Å². The highest BCUT2D eigenvalue weighted by molar-refractivity contribution is 7.09. The molecule has 0 fully saturated rings. The van der Waals surface area contributed by atoms with Gasteiger partial charge < -0.3 is 5.32 Å². The number of benzene rings is 1. The van der Waals surface area contributed by atoms with Gasteiger partial charge in [-0.15, -0.1) is 11.3 Å². The molecule has 2 aromatic heterocycles. The van der Waals surface area contributed by atoms with Crippen LogP contribution in [0.1, 0.15) is 15.4 Å². The van der Waals surface area contributed by atoms with Crippen molar-refractivity contribution in [3.63, 3.8) is 0 Å². The summed E-state index contributed by atoms with van der Waals surface area (Å²) in [5, 5.41) is 7.04. The lowest BCUT2D eigenvalue weighted by molar-refractivity contribution is 0.0949. The van der Waals surface area contributed by atoms with E-state index in [0.29, 0.717) is 17.4 Å². The molecule has 0 spiro atoms. The third-order valence-electron chi connectivity index (χ3n) is 3.16.